The quantitative estimate of drug-likeness (QED) is 0.344. The van der Waals surface area contributed by atoms with Gasteiger partial charge in [0.1, 0.15) is 17.2 Å². The number of ketones is 1. The Morgan fingerprint density at radius 1 is 1.03 bits per heavy atom. The van der Waals surface area contributed by atoms with Crippen molar-refractivity contribution in [1.82, 2.24) is 19.4 Å². The first kappa shape index (κ1) is 25.0. The minimum absolute atomic E-state index is 0.0575. The molecule has 0 aliphatic carbocycles. The van der Waals surface area contributed by atoms with Crippen LogP contribution >= 0.6 is 0 Å². The van der Waals surface area contributed by atoms with Crippen molar-refractivity contribution in [2.75, 3.05) is 26.0 Å². The summed E-state index contributed by atoms with van der Waals surface area (Å²) < 4.78 is 48.8. The standard InChI is InChI=1S/C25H24F3N5O3/c1-32(2)15-18(34)12-17-13-21(10-11-29-17)35-20-8-9-23-22(14-20)31-24(33(23)3)30-16-4-6-19(7-5-16)36-25(26,27)28/h4-11,13-14H,12,15H2,1-3H3,(H,30,31). The van der Waals surface area contributed by atoms with Crippen molar-refractivity contribution in [3.05, 3.63) is 66.5 Å². The summed E-state index contributed by atoms with van der Waals surface area (Å²) in [6.45, 7) is 0.338. The maximum Gasteiger partial charge on any atom is 0.573 e. The van der Waals surface area contributed by atoms with Gasteiger partial charge in [0.15, 0.2) is 5.78 Å². The third-order valence-corrected chi connectivity index (χ3v) is 5.09. The molecule has 0 atom stereocenters. The lowest BCUT2D eigenvalue weighted by molar-refractivity contribution is -0.274. The number of ether oxygens (including phenoxy) is 2. The number of hydrogen-bond acceptors (Lipinski definition) is 7. The zero-order chi connectivity index (χ0) is 25.9. The lowest BCUT2D eigenvalue weighted by Gasteiger charge is -2.10. The summed E-state index contributed by atoms with van der Waals surface area (Å²) in [6.07, 6.45) is -2.93. The van der Waals surface area contributed by atoms with Gasteiger partial charge in [0.25, 0.3) is 0 Å². The van der Waals surface area contributed by atoms with E-state index in [0.717, 1.165) is 5.52 Å². The molecule has 8 nitrogen and oxygen atoms in total. The minimum Gasteiger partial charge on any atom is -0.457 e. The molecular weight excluding hydrogens is 475 g/mol. The topological polar surface area (TPSA) is 81.5 Å². The minimum atomic E-state index is -4.74. The van der Waals surface area contributed by atoms with Crippen LogP contribution in [0.15, 0.2) is 60.8 Å². The number of carbonyl (C=O) groups is 1. The van der Waals surface area contributed by atoms with E-state index in [-0.39, 0.29) is 18.0 Å². The van der Waals surface area contributed by atoms with E-state index in [4.69, 9.17) is 4.74 Å². The first-order chi connectivity index (χ1) is 17.1. The maximum absolute atomic E-state index is 12.4. The number of hydrogen-bond donors (Lipinski definition) is 1. The summed E-state index contributed by atoms with van der Waals surface area (Å²) in [7, 11) is 5.49. The van der Waals surface area contributed by atoms with Crippen LogP contribution in [0.4, 0.5) is 24.8 Å². The molecule has 11 heteroatoms. The van der Waals surface area contributed by atoms with Gasteiger partial charge in [-0.2, -0.15) is 0 Å². The molecule has 0 radical (unpaired) electrons. The van der Waals surface area contributed by atoms with Crippen LogP contribution in [0, 0.1) is 0 Å². The Balaban J connectivity index is 1.47. The highest BCUT2D eigenvalue weighted by Crippen LogP contribution is 2.29. The van der Waals surface area contributed by atoms with Crippen LogP contribution < -0.4 is 14.8 Å². The van der Waals surface area contributed by atoms with Gasteiger partial charge in [-0.15, -0.1) is 13.2 Å². The van der Waals surface area contributed by atoms with E-state index in [2.05, 4.69) is 20.0 Å². The number of anilines is 2. The fourth-order valence-electron chi connectivity index (χ4n) is 3.59. The molecule has 188 valence electrons. The maximum atomic E-state index is 12.4. The Bertz CT molecular complexity index is 1370. The predicted molar refractivity (Wildman–Crippen MR) is 129 cm³/mol. The number of carbonyl (C=O) groups excluding carboxylic acids is 1. The average molecular weight is 499 g/mol. The lowest BCUT2D eigenvalue weighted by Crippen LogP contribution is -2.23. The molecule has 0 saturated carbocycles. The summed E-state index contributed by atoms with van der Waals surface area (Å²) in [5, 5.41) is 3.09. The molecule has 4 rings (SSSR count). The molecule has 0 amide bonds. The van der Waals surface area contributed by atoms with E-state index in [1.807, 2.05) is 36.7 Å². The third-order valence-electron chi connectivity index (χ3n) is 5.09. The summed E-state index contributed by atoms with van der Waals surface area (Å²) in [5.41, 5.74) is 2.65. The fraction of sp³-hybridized carbons (Fsp3) is 0.240. The molecule has 0 bridgehead atoms. The van der Waals surface area contributed by atoms with E-state index in [9.17, 15) is 18.0 Å². The molecule has 2 aromatic carbocycles. The van der Waals surface area contributed by atoms with Crippen LogP contribution in [0.3, 0.4) is 0 Å². The van der Waals surface area contributed by atoms with Crippen LogP contribution in [0.2, 0.25) is 0 Å². The smallest absolute Gasteiger partial charge is 0.457 e. The second kappa shape index (κ2) is 10.2. The van der Waals surface area contributed by atoms with Crippen molar-refractivity contribution in [3.8, 4) is 17.2 Å². The Labute approximate surface area is 205 Å². The fourth-order valence-corrected chi connectivity index (χ4v) is 3.59. The van der Waals surface area contributed by atoms with Gasteiger partial charge >= 0.3 is 6.36 Å². The number of fused-ring (bicyclic) bond motifs is 1. The molecule has 0 unspecified atom stereocenters. The van der Waals surface area contributed by atoms with Gasteiger partial charge in [0.05, 0.1) is 29.7 Å². The zero-order valence-electron chi connectivity index (χ0n) is 19.8. The van der Waals surface area contributed by atoms with Gasteiger partial charge in [0.2, 0.25) is 5.95 Å². The van der Waals surface area contributed by atoms with E-state index >= 15 is 0 Å². The zero-order valence-corrected chi connectivity index (χ0v) is 19.8. The number of aromatic nitrogens is 3. The highest BCUT2D eigenvalue weighted by molar-refractivity contribution is 5.82. The summed E-state index contributed by atoms with van der Waals surface area (Å²) in [4.78, 5) is 22.7. The molecular formula is C25H24F3N5O3. The van der Waals surface area contributed by atoms with Crippen molar-refractivity contribution >= 4 is 28.5 Å². The van der Waals surface area contributed by atoms with Crippen LogP contribution in [0.5, 0.6) is 17.2 Å². The first-order valence-electron chi connectivity index (χ1n) is 10.9. The number of pyridine rings is 1. The number of halogens is 3. The number of benzene rings is 2. The van der Waals surface area contributed by atoms with E-state index in [0.29, 0.717) is 40.9 Å². The van der Waals surface area contributed by atoms with Gasteiger partial charge in [-0.25, -0.2) is 4.98 Å². The molecule has 2 heterocycles. The number of aryl methyl sites for hydroxylation is 1. The lowest BCUT2D eigenvalue weighted by atomic mass is 10.2. The molecule has 0 aliphatic rings. The summed E-state index contributed by atoms with van der Waals surface area (Å²) in [5.74, 6) is 1.35. The number of alkyl halides is 3. The van der Waals surface area contributed by atoms with Crippen molar-refractivity contribution in [3.63, 3.8) is 0 Å². The monoisotopic (exact) mass is 499 g/mol. The van der Waals surface area contributed by atoms with Gasteiger partial charge in [-0.05, 0) is 56.6 Å². The second-order valence-electron chi connectivity index (χ2n) is 8.38. The number of likely N-dealkylation sites (N-methyl/N-ethyl adjacent to an activating group) is 1. The van der Waals surface area contributed by atoms with Crippen LogP contribution in [0.1, 0.15) is 5.69 Å². The number of nitrogens with one attached hydrogen (secondary N) is 1. The van der Waals surface area contributed by atoms with Crippen LogP contribution in [-0.4, -0.2) is 52.2 Å². The number of rotatable bonds is 9. The number of Topliss-reactive ketones (excluding diaryl/α,β-unsaturated/α-hetero) is 1. The average Bonchev–Trinajstić information content (AvgIpc) is 3.08. The molecule has 1 N–H and O–H groups in total. The third kappa shape index (κ3) is 6.51. The van der Waals surface area contributed by atoms with Crippen LogP contribution in [-0.2, 0) is 18.3 Å². The molecule has 4 aromatic rings. The van der Waals surface area contributed by atoms with E-state index in [1.165, 1.54) is 24.3 Å². The Hall–Kier alpha value is -4.12. The Morgan fingerprint density at radius 2 is 1.72 bits per heavy atom. The van der Waals surface area contributed by atoms with Crippen molar-refractivity contribution in [1.29, 1.82) is 0 Å². The van der Waals surface area contributed by atoms with Crippen molar-refractivity contribution in [2.24, 2.45) is 7.05 Å². The van der Waals surface area contributed by atoms with Gasteiger partial charge < -0.3 is 24.3 Å². The van der Waals surface area contributed by atoms with E-state index < -0.39 is 6.36 Å². The SMILES string of the molecule is CN(C)CC(=O)Cc1cc(Oc2ccc3c(c2)nc(Nc2ccc(OC(F)(F)F)cc2)n3C)ccn1. The Morgan fingerprint density at radius 3 is 2.42 bits per heavy atom. The van der Waals surface area contributed by atoms with Crippen molar-refractivity contribution in [2.45, 2.75) is 12.8 Å². The second-order valence-corrected chi connectivity index (χ2v) is 8.38. The number of imidazole rings is 1. The van der Waals surface area contributed by atoms with Gasteiger partial charge in [-0.1, -0.05) is 0 Å². The molecule has 0 spiro atoms. The highest BCUT2D eigenvalue weighted by Gasteiger charge is 2.31. The normalized spacial score (nSPS) is 11.6. The van der Waals surface area contributed by atoms with Crippen molar-refractivity contribution < 1.29 is 27.4 Å². The molecule has 0 saturated heterocycles. The molecule has 2 aromatic heterocycles. The summed E-state index contributed by atoms with van der Waals surface area (Å²) in [6, 6.07) is 14.3. The molecule has 36 heavy (non-hydrogen) atoms. The predicted octanol–water partition coefficient (Wildman–Crippen LogP) is 5.08. The van der Waals surface area contributed by atoms with E-state index in [1.54, 1.807) is 30.5 Å². The first-order valence-corrected chi connectivity index (χ1v) is 10.9. The summed E-state index contributed by atoms with van der Waals surface area (Å²) >= 11 is 0. The number of nitrogens with zero attached hydrogens (tertiary/aromatic N) is 4. The molecule has 0 fully saturated rings. The highest BCUT2D eigenvalue weighted by atomic mass is 19.4. The Kier molecular flexibility index (Phi) is 7.11. The van der Waals surface area contributed by atoms with Gasteiger partial charge in [0, 0.05) is 31.1 Å². The molecule has 0 aliphatic heterocycles. The largest absolute Gasteiger partial charge is 0.573 e. The van der Waals surface area contributed by atoms with Gasteiger partial charge in [-0.3, -0.25) is 9.78 Å². The van der Waals surface area contributed by atoms with Crippen LogP contribution in [0.25, 0.3) is 11.0 Å².